The molecule has 86 valence electrons. The molecule has 0 aliphatic carbocycles. The lowest BCUT2D eigenvalue weighted by atomic mass is 10.1. The van der Waals surface area contributed by atoms with Crippen LogP contribution in [0.25, 0.3) is 11.0 Å². The van der Waals surface area contributed by atoms with E-state index in [-0.39, 0.29) is 12.6 Å². The van der Waals surface area contributed by atoms with Crippen LogP contribution in [-0.4, -0.2) is 21.7 Å². The number of imidazole rings is 1. The summed E-state index contributed by atoms with van der Waals surface area (Å²) >= 11 is 0. The Morgan fingerprint density at radius 2 is 2.31 bits per heavy atom. The van der Waals surface area contributed by atoms with E-state index in [4.69, 9.17) is 10.8 Å². The van der Waals surface area contributed by atoms with Crippen LogP contribution in [0, 0.1) is 0 Å². The molecule has 4 N–H and O–H groups in total. The highest BCUT2D eigenvalue weighted by atomic mass is 16.3. The predicted molar refractivity (Wildman–Crippen MR) is 64.1 cm³/mol. The van der Waals surface area contributed by atoms with Crippen molar-refractivity contribution in [3.8, 4) is 0 Å². The number of aliphatic hydroxyl groups excluding tert-OH is 1. The van der Waals surface area contributed by atoms with E-state index in [1.165, 1.54) is 5.56 Å². The van der Waals surface area contributed by atoms with Gasteiger partial charge in [0.1, 0.15) is 5.82 Å². The summed E-state index contributed by atoms with van der Waals surface area (Å²) in [6, 6.07) is 5.95. The van der Waals surface area contributed by atoms with E-state index in [0.29, 0.717) is 6.42 Å². The average molecular weight is 219 g/mol. The summed E-state index contributed by atoms with van der Waals surface area (Å²) in [6.45, 7) is 2.20. The maximum atomic E-state index is 8.83. The highest BCUT2D eigenvalue weighted by molar-refractivity contribution is 5.75. The van der Waals surface area contributed by atoms with Crippen LogP contribution in [0.2, 0.25) is 0 Å². The van der Waals surface area contributed by atoms with Crippen LogP contribution in [0.1, 0.15) is 30.8 Å². The van der Waals surface area contributed by atoms with Crippen LogP contribution in [-0.2, 0) is 6.42 Å². The van der Waals surface area contributed by atoms with Gasteiger partial charge in [0.2, 0.25) is 0 Å². The molecule has 0 aliphatic heterocycles. The first-order valence-corrected chi connectivity index (χ1v) is 5.59. The first kappa shape index (κ1) is 11.1. The van der Waals surface area contributed by atoms with Crippen LogP contribution in [0.15, 0.2) is 18.2 Å². The average Bonchev–Trinajstić information content (AvgIpc) is 2.71. The van der Waals surface area contributed by atoms with Crippen LogP contribution >= 0.6 is 0 Å². The van der Waals surface area contributed by atoms with Gasteiger partial charge in [-0.1, -0.05) is 13.0 Å². The zero-order valence-electron chi connectivity index (χ0n) is 9.40. The minimum Gasteiger partial charge on any atom is -0.396 e. The molecule has 1 unspecified atom stereocenters. The Bertz CT molecular complexity index is 478. The molecule has 1 atom stereocenters. The van der Waals surface area contributed by atoms with Crippen molar-refractivity contribution in [2.45, 2.75) is 25.8 Å². The molecule has 4 heteroatoms. The van der Waals surface area contributed by atoms with Gasteiger partial charge in [0.15, 0.2) is 0 Å². The number of aromatic nitrogens is 2. The third kappa shape index (κ3) is 2.08. The van der Waals surface area contributed by atoms with Crippen molar-refractivity contribution in [3.63, 3.8) is 0 Å². The second-order valence-corrected chi connectivity index (χ2v) is 3.95. The molecule has 0 saturated carbocycles. The zero-order chi connectivity index (χ0) is 11.5. The number of H-pyrrole nitrogens is 1. The normalized spacial score (nSPS) is 13.2. The summed E-state index contributed by atoms with van der Waals surface area (Å²) < 4.78 is 0. The van der Waals surface area contributed by atoms with E-state index < -0.39 is 0 Å². The number of aromatic amines is 1. The summed E-state index contributed by atoms with van der Waals surface area (Å²) in [5.74, 6) is 0.748. The Morgan fingerprint density at radius 1 is 1.50 bits per heavy atom. The largest absolute Gasteiger partial charge is 0.396 e. The molecular formula is C12H17N3O. The van der Waals surface area contributed by atoms with Gasteiger partial charge in [0, 0.05) is 6.61 Å². The Labute approximate surface area is 94.5 Å². The highest BCUT2D eigenvalue weighted by Crippen LogP contribution is 2.18. The van der Waals surface area contributed by atoms with Gasteiger partial charge in [-0.3, -0.25) is 0 Å². The van der Waals surface area contributed by atoms with Gasteiger partial charge in [0.05, 0.1) is 17.1 Å². The lowest BCUT2D eigenvalue weighted by Gasteiger charge is -2.04. The molecule has 2 aromatic rings. The summed E-state index contributed by atoms with van der Waals surface area (Å²) in [5.41, 5.74) is 9.11. The number of nitrogens with one attached hydrogen (secondary N) is 1. The molecule has 2 rings (SSSR count). The molecule has 0 aliphatic rings. The summed E-state index contributed by atoms with van der Waals surface area (Å²) in [4.78, 5) is 7.62. The third-order valence-electron chi connectivity index (χ3n) is 2.76. The second kappa shape index (κ2) is 4.63. The van der Waals surface area contributed by atoms with E-state index in [9.17, 15) is 0 Å². The molecule has 0 spiro atoms. The first-order chi connectivity index (χ1) is 7.74. The maximum Gasteiger partial charge on any atom is 0.124 e. The Kier molecular flexibility index (Phi) is 3.22. The third-order valence-corrected chi connectivity index (χ3v) is 2.76. The standard InChI is InChI=1S/C12H17N3O/c1-2-8-3-4-10-11(7-8)15-12(14-10)9(13)5-6-16/h3-4,7,9,16H,2,5-6,13H2,1H3,(H,14,15). The van der Waals surface area contributed by atoms with E-state index >= 15 is 0 Å². The van der Waals surface area contributed by atoms with Gasteiger partial charge in [0.25, 0.3) is 0 Å². The molecule has 0 bridgehead atoms. The second-order valence-electron chi connectivity index (χ2n) is 3.95. The monoisotopic (exact) mass is 219 g/mol. The van der Waals surface area contributed by atoms with Gasteiger partial charge >= 0.3 is 0 Å². The minimum absolute atomic E-state index is 0.0818. The molecular weight excluding hydrogens is 202 g/mol. The van der Waals surface area contributed by atoms with Crippen molar-refractivity contribution in [2.75, 3.05) is 6.61 Å². The number of aryl methyl sites for hydroxylation is 1. The van der Waals surface area contributed by atoms with Crippen molar-refractivity contribution in [1.29, 1.82) is 0 Å². The quantitative estimate of drug-likeness (QED) is 0.729. The summed E-state index contributed by atoms with van der Waals surface area (Å²) in [5, 5.41) is 8.83. The lowest BCUT2D eigenvalue weighted by molar-refractivity contribution is 0.275. The fourth-order valence-electron chi connectivity index (χ4n) is 1.75. The van der Waals surface area contributed by atoms with Crippen molar-refractivity contribution in [3.05, 3.63) is 29.6 Å². The van der Waals surface area contributed by atoms with Crippen LogP contribution < -0.4 is 5.73 Å². The molecule has 0 saturated heterocycles. The molecule has 0 fully saturated rings. The van der Waals surface area contributed by atoms with E-state index in [2.05, 4.69) is 29.0 Å². The molecule has 1 aromatic heterocycles. The fourth-order valence-corrected chi connectivity index (χ4v) is 1.75. The topological polar surface area (TPSA) is 74.9 Å². The van der Waals surface area contributed by atoms with Crippen LogP contribution in [0.5, 0.6) is 0 Å². The smallest absolute Gasteiger partial charge is 0.124 e. The lowest BCUT2D eigenvalue weighted by Crippen LogP contribution is -2.13. The molecule has 1 aromatic carbocycles. The number of hydrogen-bond donors (Lipinski definition) is 3. The molecule has 1 heterocycles. The maximum absolute atomic E-state index is 8.83. The number of nitrogens with two attached hydrogens (primary N) is 1. The molecule has 16 heavy (non-hydrogen) atoms. The number of benzene rings is 1. The van der Waals surface area contributed by atoms with Crippen molar-refractivity contribution in [2.24, 2.45) is 5.73 Å². The van der Waals surface area contributed by atoms with Crippen molar-refractivity contribution in [1.82, 2.24) is 9.97 Å². The first-order valence-electron chi connectivity index (χ1n) is 5.59. The number of fused-ring (bicyclic) bond motifs is 1. The number of hydrogen-bond acceptors (Lipinski definition) is 3. The Hall–Kier alpha value is -1.39. The molecule has 4 nitrogen and oxygen atoms in total. The molecule has 0 amide bonds. The number of rotatable bonds is 4. The molecule has 0 radical (unpaired) electrons. The van der Waals surface area contributed by atoms with Crippen molar-refractivity contribution >= 4 is 11.0 Å². The van der Waals surface area contributed by atoms with E-state index in [1.807, 2.05) is 6.07 Å². The van der Waals surface area contributed by atoms with Gasteiger partial charge in [-0.15, -0.1) is 0 Å². The van der Waals surface area contributed by atoms with Gasteiger partial charge in [-0.05, 0) is 30.5 Å². The predicted octanol–water partition coefficient (Wildman–Crippen LogP) is 1.51. The van der Waals surface area contributed by atoms with Crippen molar-refractivity contribution < 1.29 is 5.11 Å². The van der Waals surface area contributed by atoms with Gasteiger partial charge in [-0.25, -0.2) is 4.98 Å². The minimum atomic E-state index is -0.220. The van der Waals surface area contributed by atoms with E-state index in [1.54, 1.807) is 0 Å². The fraction of sp³-hybridized carbons (Fsp3) is 0.417. The number of nitrogens with zero attached hydrogens (tertiary/aromatic N) is 1. The zero-order valence-corrected chi connectivity index (χ0v) is 9.40. The van der Waals surface area contributed by atoms with Crippen LogP contribution in [0.4, 0.5) is 0 Å². The summed E-state index contributed by atoms with van der Waals surface area (Å²) in [6.07, 6.45) is 1.54. The SMILES string of the molecule is CCc1ccc2nc(C(N)CCO)[nH]c2c1. The van der Waals surface area contributed by atoms with Gasteiger partial charge < -0.3 is 15.8 Å². The number of aliphatic hydroxyl groups is 1. The van der Waals surface area contributed by atoms with Crippen LogP contribution in [0.3, 0.4) is 0 Å². The van der Waals surface area contributed by atoms with E-state index in [0.717, 1.165) is 23.3 Å². The summed E-state index contributed by atoms with van der Waals surface area (Å²) in [7, 11) is 0. The Morgan fingerprint density at radius 3 is 3.00 bits per heavy atom. The Balaban J connectivity index is 2.35. The highest BCUT2D eigenvalue weighted by Gasteiger charge is 2.10. The van der Waals surface area contributed by atoms with Gasteiger partial charge in [-0.2, -0.15) is 0 Å².